The van der Waals surface area contributed by atoms with Gasteiger partial charge in [-0.2, -0.15) is 5.10 Å². The summed E-state index contributed by atoms with van der Waals surface area (Å²) in [4.78, 5) is 30.4. The zero-order valence-electron chi connectivity index (χ0n) is 16.3. The summed E-state index contributed by atoms with van der Waals surface area (Å²) in [7, 11) is 3.88. The maximum Gasteiger partial charge on any atom is 0.314 e. The molecular formula is C19H28N6O2. The molecule has 0 bridgehead atoms. The molecule has 1 atom stereocenters. The molecule has 2 rings (SSSR count). The Labute approximate surface area is 160 Å². The van der Waals surface area contributed by atoms with Crippen molar-refractivity contribution >= 4 is 17.6 Å². The third-order valence-corrected chi connectivity index (χ3v) is 3.86. The average Bonchev–Trinajstić information content (AvgIpc) is 3.01. The van der Waals surface area contributed by atoms with Crippen molar-refractivity contribution in [2.75, 3.05) is 26.0 Å². The fourth-order valence-corrected chi connectivity index (χ4v) is 2.80. The number of carbonyl (C=O) groups is 2. The molecule has 0 saturated heterocycles. The summed E-state index contributed by atoms with van der Waals surface area (Å²) in [5.74, 6) is -0.595. The Morgan fingerprint density at radius 3 is 2.48 bits per heavy atom. The molecule has 0 aliphatic heterocycles. The van der Waals surface area contributed by atoms with Gasteiger partial charge in [0.15, 0.2) is 5.82 Å². The summed E-state index contributed by atoms with van der Waals surface area (Å²) in [5, 5.41) is 9.64. The lowest BCUT2D eigenvalue weighted by molar-refractivity contribution is -0.136. The number of nitrogens with one attached hydrogen (secondary N) is 2. The van der Waals surface area contributed by atoms with E-state index in [-0.39, 0.29) is 6.04 Å². The van der Waals surface area contributed by atoms with Gasteiger partial charge in [0.25, 0.3) is 0 Å². The smallest absolute Gasteiger partial charge is 0.314 e. The molecule has 27 heavy (non-hydrogen) atoms. The Kier molecular flexibility index (Phi) is 7.48. The third-order valence-electron chi connectivity index (χ3n) is 3.86. The fraction of sp³-hybridized carbons (Fsp3) is 0.474. The summed E-state index contributed by atoms with van der Waals surface area (Å²) in [6.45, 7) is 5.41. The molecule has 0 aliphatic rings. The van der Waals surface area contributed by atoms with Crippen LogP contribution in [0, 0.1) is 5.92 Å². The number of likely N-dealkylation sites (N-methyl/N-ethyl adjacent to an activating group) is 1. The lowest BCUT2D eigenvalue weighted by Gasteiger charge is -2.23. The molecule has 8 nitrogen and oxygen atoms in total. The highest BCUT2D eigenvalue weighted by Crippen LogP contribution is 2.07. The van der Waals surface area contributed by atoms with Gasteiger partial charge in [0, 0.05) is 37.2 Å². The van der Waals surface area contributed by atoms with E-state index in [2.05, 4.69) is 34.6 Å². The Hall–Kier alpha value is -2.74. The molecule has 0 saturated carbocycles. The Morgan fingerprint density at radius 1 is 1.15 bits per heavy atom. The Morgan fingerprint density at radius 2 is 1.85 bits per heavy atom. The van der Waals surface area contributed by atoms with Crippen LogP contribution in [0.5, 0.6) is 0 Å². The van der Waals surface area contributed by atoms with E-state index in [9.17, 15) is 9.59 Å². The minimum Gasteiger partial charge on any atom is -0.344 e. The SMILES string of the molecule is CC(C)C[C@@H](CN(C)C)NC(=O)C(=O)Nc1ccn(Cc2ccncc2)n1. The first-order chi connectivity index (χ1) is 12.8. The first kappa shape index (κ1) is 20.6. The first-order valence-electron chi connectivity index (χ1n) is 9.02. The summed E-state index contributed by atoms with van der Waals surface area (Å²) in [6, 6.07) is 5.38. The van der Waals surface area contributed by atoms with Crippen molar-refractivity contribution in [3.63, 3.8) is 0 Å². The van der Waals surface area contributed by atoms with Gasteiger partial charge in [0.05, 0.1) is 6.54 Å². The highest BCUT2D eigenvalue weighted by Gasteiger charge is 2.20. The molecule has 0 aromatic carbocycles. The lowest BCUT2D eigenvalue weighted by atomic mass is 10.0. The quantitative estimate of drug-likeness (QED) is 0.683. The van der Waals surface area contributed by atoms with Crippen molar-refractivity contribution in [2.24, 2.45) is 5.92 Å². The predicted octanol–water partition coefficient (Wildman–Crippen LogP) is 1.36. The van der Waals surface area contributed by atoms with Crippen LogP contribution in [-0.4, -0.2) is 58.2 Å². The van der Waals surface area contributed by atoms with Crippen LogP contribution in [0.15, 0.2) is 36.8 Å². The minimum atomic E-state index is -0.711. The maximum atomic E-state index is 12.2. The van der Waals surface area contributed by atoms with Crippen LogP contribution in [0.2, 0.25) is 0 Å². The molecule has 0 radical (unpaired) electrons. The Balaban J connectivity index is 1.90. The topological polar surface area (TPSA) is 92.2 Å². The summed E-state index contributed by atoms with van der Waals surface area (Å²) in [6.07, 6.45) is 5.99. The van der Waals surface area contributed by atoms with E-state index in [1.54, 1.807) is 29.3 Å². The van der Waals surface area contributed by atoms with Crippen LogP contribution in [0.25, 0.3) is 0 Å². The average molecular weight is 372 g/mol. The van der Waals surface area contributed by atoms with Crippen molar-refractivity contribution < 1.29 is 9.59 Å². The van der Waals surface area contributed by atoms with Crippen molar-refractivity contribution in [3.8, 4) is 0 Å². The van der Waals surface area contributed by atoms with Gasteiger partial charge < -0.3 is 15.5 Å². The molecule has 2 aromatic rings. The normalized spacial score (nSPS) is 12.2. The van der Waals surface area contributed by atoms with Gasteiger partial charge in [-0.15, -0.1) is 0 Å². The van der Waals surface area contributed by atoms with Crippen molar-refractivity contribution in [3.05, 3.63) is 42.4 Å². The van der Waals surface area contributed by atoms with Gasteiger partial charge in [-0.25, -0.2) is 0 Å². The number of rotatable bonds is 8. The van der Waals surface area contributed by atoms with E-state index in [4.69, 9.17) is 0 Å². The number of carbonyl (C=O) groups excluding carboxylic acids is 2. The predicted molar refractivity (Wildman–Crippen MR) is 104 cm³/mol. The van der Waals surface area contributed by atoms with E-state index < -0.39 is 11.8 Å². The standard InChI is InChI=1S/C19H28N6O2/c1-14(2)11-16(13-24(3)4)21-18(26)19(27)22-17-7-10-25(23-17)12-15-5-8-20-9-6-15/h5-10,14,16H,11-13H2,1-4H3,(H,21,26)(H,22,23,27)/t16-/m0/s1. The molecule has 2 heterocycles. The summed E-state index contributed by atoms with van der Waals surface area (Å²) < 4.78 is 1.69. The van der Waals surface area contributed by atoms with Gasteiger partial charge in [-0.1, -0.05) is 13.8 Å². The highest BCUT2D eigenvalue weighted by atomic mass is 16.2. The van der Waals surface area contributed by atoms with Gasteiger partial charge in [0.2, 0.25) is 0 Å². The molecule has 2 N–H and O–H groups in total. The minimum absolute atomic E-state index is 0.0810. The van der Waals surface area contributed by atoms with Crippen LogP contribution >= 0.6 is 0 Å². The number of amides is 2. The highest BCUT2D eigenvalue weighted by molar-refractivity contribution is 6.39. The van der Waals surface area contributed by atoms with E-state index in [1.165, 1.54) is 0 Å². The second-order valence-electron chi connectivity index (χ2n) is 7.27. The molecule has 2 aromatic heterocycles. The zero-order chi connectivity index (χ0) is 19.8. The number of aromatic nitrogens is 3. The van der Waals surface area contributed by atoms with Crippen molar-refractivity contribution in [1.29, 1.82) is 0 Å². The van der Waals surface area contributed by atoms with Crippen LogP contribution < -0.4 is 10.6 Å². The van der Waals surface area contributed by atoms with Crippen LogP contribution in [0.4, 0.5) is 5.82 Å². The first-order valence-corrected chi connectivity index (χ1v) is 9.02. The molecular weight excluding hydrogens is 344 g/mol. The second-order valence-corrected chi connectivity index (χ2v) is 7.27. The van der Waals surface area contributed by atoms with Crippen molar-refractivity contribution in [1.82, 2.24) is 25.0 Å². The summed E-state index contributed by atoms with van der Waals surface area (Å²) >= 11 is 0. The molecule has 0 unspecified atom stereocenters. The van der Waals surface area contributed by atoms with Crippen molar-refractivity contribution in [2.45, 2.75) is 32.9 Å². The van der Waals surface area contributed by atoms with E-state index in [1.807, 2.05) is 31.1 Å². The maximum absolute atomic E-state index is 12.2. The largest absolute Gasteiger partial charge is 0.344 e. The lowest BCUT2D eigenvalue weighted by Crippen LogP contribution is -2.46. The molecule has 8 heteroatoms. The molecule has 2 amide bonds. The number of hydrogen-bond donors (Lipinski definition) is 2. The monoisotopic (exact) mass is 372 g/mol. The number of nitrogens with zero attached hydrogens (tertiary/aromatic N) is 4. The second kappa shape index (κ2) is 9.82. The molecule has 0 fully saturated rings. The molecule has 0 spiro atoms. The van der Waals surface area contributed by atoms with Crippen LogP contribution in [0.1, 0.15) is 25.8 Å². The number of anilines is 1. The summed E-state index contributed by atoms with van der Waals surface area (Å²) in [5.41, 5.74) is 1.05. The van der Waals surface area contributed by atoms with Crippen LogP contribution in [-0.2, 0) is 16.1 Å². The van der Waals surface area contributed by atoms with Gasteiger partial charge in [-0.3, -0.25) is 19.3 Å². The van der Waals surface area contributed by atoms with E-state index in [0.29, 0.717) is 24.8 Å². The number of pyridine rings is 1. The molecule has 0 aliphatic carbocycles. The molecule has 146 valence electrons. The zero-order valence-corrected chi connectivity index (χ0v) is 16.3. The third kappa shape index (κ3) is 7.18. The van der Waals surface area contributed by atoms with Gasteiger partial charge >= 0.3 is 11.8 Å². The van der Waals surface area contributed by atoms with Gasteiger partial charge in [0.1, 0.15) is 0 Å². The fourth-order valence-electron chi connectivity index (χ4n) is 2.80. The number of hydrogen-bond acceptors (Lipinski definition) is 5. The van der Waals surface area contributed by atoms with E-state index >= 15 is 0 Å². The van der Waals surface area contributed by atoms with Gasteiger partial charge in [-0.05, 0) is 44.1 Å². The van der Waals surface area contributed by atoms with E-state index in [0.717, 1.165) is 12.0 Å². The van der Waals surface area contributed by atoms with Crippen LogP contribution in [0.3, 0.4) is 0 Å². The Bertz CT molecular complexity index is 732.